The van der Waals surface area contributed by atoms with Gasteiger partial charge in [-0.2, -0.15) is 0 Å². The molecule has 2 saturated heterocycles. The Morgan fingerprint density at radius 3 is 3.00 bits per heavy atom. The molecule has 1 aromatic carbocycles. The second-order valence-electron chi connectivity index (χ2n) is 5.78. The fraction of sp³-hybridized carbons (Fsp3) is 0.533. The van der Waals surface area contributed by atoms with Crippen molar-refractivity contribution in [3.8, 4) is 11.5 Å². The Labute approximate surface area is 131 Å². The van der Waals surface area contributed by atoms with Gasteiger partial charge in [-0.15, -0.1) is 0 Å². The first-order chi connectivity index (χ1) is 10.2. The molecule has 1 amide bonds. The summed E-state index contributed by atoms with van der Waals surface area (Å²) in [5.41, 5.74) is 0.671. The van der Waals surface area contributed by atoms with Crippen LogP contribution in [-0.2, 0) is 0 Å². The SMILES string of the molecule is O=C(c1cc(Br)c2c(c1)OCO2)N1C2CCNCC1CC2. The highest BCUT2D eigenvalue weighted by molar-refractivity contribution is 9.10. The molecule has 2 atom stereocenters. The van der Waals surface area contributed by atoms with E-state index in [2.05, 4.69) is 26.1 Å². The number of rotatable bonds is 1. The zero-order valence-corrected chi connectivity index (χ0v) is 13.2. The van der Waals surface area contributed by atoms with Crippen molar-refractivity contribution in [2.45, 2.75) is 31.3 Å². The highest BCUT2D eigenvalue weighted by Gasteiger charge is 2.38. The number of fused-ring (bicyclic) bond motifs is 3. The van der Waals surface area contributed by atoms with Crippen LogP contribution >= 0.6 is 15.9 Å². The summed E-state index contributed by atoms with van der Waals surface area (Å²) in [6.07, 6.45) is 3.24. The van der Waals surface area contributed by atoms with E-state index in [1.807, 2.05) is 6.07 Å². The van der Waals surface area contributed by atoms with E-state index in [-0.39, 0.29) is 12.7 Å². The summed E-state index contributed by atoms with van der Waals surface area (Å²) in [5, 5.41) is 3.42. The summed E-state index contributed by atoms with van der Waals surface area (Å²) in [5.74, 6) is 1.44. The Morgan fingerprint density at radius 1 is 1.24 bits per heavy atom. The highest BCUT2D eigenvalue weighted by Crippen LogP contribution is 2.41. The number of carbonyl (C=O) groups is 1. The van der Waals surface area contributed by atoms with E-state index in [9.17, 15) is 4.79 Å². The van der Waals surface area contributed by atoms with Gasteiger partial charge in [0.15, 0.2) is 11.5 Å². The number of halogens is 1. The second-order valence-corrected chi connectivity index (χ2v) is 6.64. The van der Waals surface area contributed by atoms with Crippen molar-refractivity contribution in [2.75, 3.05) is 19.9 Å². The molecule has 4 rings (SSSR count). The lowest BCUT2D eigenvalue weighted by atomic mass is 10.1. The van der Waals surface area contributed by atoms with Gasteiger partial charge in [-0.25, -0.2) is 0 Å². The number of carbonyl (C=O) groups excluding carboxylic acids is 1. The monoisotopic (exact) mass is 352 g/mol. The Kier molecular flexibility index (Phi) is 3.30. The van der Waals surface area contributed by atoms with Crippen LogP contribution in [0.15, 0.2) is 16.6 Å². The minimum Gasteiger partial charge on any atom is -0.454 e. The summed E-state index contributed by atoms with van der Waals surface area (Å²) < 4.78 is 11.6. The largest absolute Gasteiger partial charge is 0.454 e. The maximum absolute atomic E-state index is 12.9. The summed E-state index contributed by atoms with van der Waals surface area (Å²) in [6, 6.07) is 4.32. The fourth-order valence-electron chi connectivity index (χ4n) is 3.55. The van der Waals surface area contributed by atoms with Crippen molar-refractivity contribution in [1.29, 1.82) is 0 Å². The number of ether oxygens (including phenoxy) is 2. The van der Waals surface area contributed by atoms with Gasteiger partial charge in [0, 0.05) is 24.2 Å². The molecule has 0 aliphatic carbocycles. The van der Waals surface area contributed by atoms with Gasteiger partial charge in [0.1, 0.15) is 0 Å². The van der Waals surface area contributed by atoms with E-state index in [0.29, 0.717) is 29.1 Å². The predicted molar refractivity (Wildman–Crippen MR) is 80.7 cm³/mol. The molecule has 6 heteroatoms. The average molecular weight is 353 g/mol. The molecule has 2 bridgehead atoms. The van der Waals surface area contributed by atoms with Crippen LogP contribution in [0.1, 0.15) is 29.6 Å². The summed E-state index contributed by atoms with van der Waals surface area (Å²) >= 11 is 3.46. The van der Waals surface area contributed by atoms with Crippen LogP contribution in [0.3, 0.4) is 0 Å². The first-order valence-corrected chi connectivity index (χ1v) is 8.16. The number of nitrogens with one attached hydrogen (secondary N) is 1. The minimum absolute atomic E-state index is 0.102. The lowest BCUT2D eigenvalue weighted by Crippen LogP contribution is -2.42. The zero-order chi connectivity index (χ0) is 14.4. The predicted octanol–water partition coefficient (Wildman–Crippen LogP) is 2.14. The van der Waals surface area contributed by atoms with Crippen LogP contribution in [0, 0.1) is 0 Å². The maximum atomic E-state index is 12.9. The van der Waals surface area contributed by atoms with Gasteiger partial charge in [-0.1, -0.05) is 0 Å². The van der Waals surface area contributed by atoms with Crippen LogP contribution in [0.2, 0.25) is 0 Å². The van der Waals surface area contributed by atoms with Crippen molar-refractivity contribution in [1.82, 2.24) is 10.2 Å². The molecule has 21 heavy (non-hydrogen) atoms. The number of hydrogen-bond donors (Lipinski definition) is 1. The second kappa shape index (κ2) is 5.18. The molecule has 3 aliphatic rings. The number of amides is 1. The molecule has 112 valence electrons. The van der Waals surface area contributed by atoms with Gasteiger partial charge in [0.25, 0.3) is 5.91 Å². The molecule has 1 N–H and O–H groups in total. The Balaban J connectivity index is 1.67. The number of hydrogen-bond acceptors (Lipinski definition) is 4. The van der Waals surface area contributed by atoms with Crippen LogP contribution in [0.5, 0.6) is 11.5 Å². The van der Waals surface area contributed by atoms with Gasteiger partial charge < -0.3 is 19.7 Å². The average Bonchev–Trinajstić information content (AvgIpc) is 3.01. The topological polar surface area (TPSA) is 50.8 Å². The number of benzene rings is 1. The van der Waals surface area contributed by atoms with Gasteiger partial charge in [-0.3, -0.25) is 4.79 Å². The Hall–Kier alpha value is -1.27. The maximum Gasteiger partial charge on any atom is 0.254 e. The van der Waals surface area contributed by atoms with E-state index < -0.39 is 0 Å². The first kappa shape index (κ1) is 13.4. The molecule has 1 aromatic rings. The molecule has 2 unspecified atom stereocenters. The molecule has 0 spiro atoms. The fourth-order valence-corrected chi connectivity index (χ4v) is 4.11. The van der Waals surface area contributed by atoms with Crippen LogP contribution in [0.25, 0.3) is 0 Å². The molecular formula is C15H17BrN2O3. The van der Waals surface area contributed by atoms with Crippen LogP contribution < -0.4 is 14.8 Å². The van der Waals surface area contributed by atoms with Gasteiger partial charge in [0.2, 0.25) is 6.79 Å². The molecule has 3 heterocycles. The van der Waals surface area contributed by atoms with Crippen LogP contribution in [-0.4, -0.2) is 42.8 Å². The normalized spacial score (nSPS) is 26.8. The van der Waals surface area contributed by atoms with E-state index in [4.69, 9.17) is 9.47 Å². The van der Waals surface area contributed by atoms with Crippen molar-refractivity contribution in [2.24, 2.45) is 0 Å². The summed E-state index contributed by atoms with van der Waals surface area (Å²) in [4.78, 5) is 15.0. The van der Waals surface area contributed by atoms with E-state index >= 15 is 0 Å². The third-order valence-electron chi connectivity index (χ3n) is 4.56. The molecule has 3 aliphatic heterocycles. The quantitative estimate of drug-likeness (QED) is 0.841. The molecule has 0 saturated carbocycles. The third-order valence-corrected chi connectivity index (χ3v) is 5.15. The third kappa shape index (κ3) is 2.21. The number of nitrogens with zero attached hydrogens (tertiary/aromatic N) is 1. The highest BCUT2D eigenvalue weighted by atomic mass is 79.9. The first-order valence-electron chi connectivity index (χ1n) is 7.36. The minimum atomic E-state index is 0.102. The van der Waals surface area contributed by atoms with Crippen molar-refractivity contribution in [3.63, 3.8) is 0 Å². The van der Waals surface area contributed by atoms with Gasteiger partial charge in [-0.05, 0) is 53.9 Å². The Morgan fingerprint density at radius 2 is 2.10 bits per heavy atom. The lowest BCUT2D eigenvalue weighted by Gasteiger charge is -2.28. The van der Waals surface area contributed by atoms with Crippen molar-refractivity contribution in [3.05, 3.63) is 22.2 Å². The lowest BCUT2D eigenvalue weighted by molar-refractivity contribution is 0.0680. The van der Waals surface area contributed by atoms with E-state index in [1.54, 1.807) is 6.07 Å². The van der Waals surface area contributed by atoms with Gasteiger partial charge >= 0.3 is 0 Å². The molecule has 2 fully saturated rings. The Bertz CT molecular complexity index is 579. The van der Waals surface area contributed by atoms with Crippen molar-refractivity contribution >= 4 is 21.8 Å². The van der Waals surface area contributed by atoms with Crippen LogP contribution in [0.4, 0.5) is 0 Å². The van der Waals surface area contributed by atoms with E-state index in [1.165, 1.54) is 0 Å². The van der Waals surface area contributed by atoms with Gasteiger partial charge in [0.05, 0.1) is 4.47 Å². The zero-order valence-electron chi connectivity index (χ0n) is 11.6. The summed E-state index contributed by atoms with van der Waals surface area (Å²) in [6.45, 7) is 2.11. The molecule has 5 nitrogen and oxygen atoms in total. The standard InChI is InChI=1S/C15H17BrN2O3/c16-12-5-9(6-13-14(12)21-8-20-13)15(19)18-10-1-2-11(18)7-17-4-3-10/h5-6,10-11,17H,1-4,7-8H2. The van der Waals surface area contributed by atoms with E-state index in [0.717, 1.165) is 36.8 Å². The molecule has 0 radical (unpaired) electrons. The smallest absolute Gasteiger partial charge is 0.254 e. The summed E-state index contributed by atoms with van der Waals surface area (Å²) in [7, 11) is 0. The van der Waals surface area contributed by atoms with Crippen molar-refractivity contribution < 1.29 is 14.3 Å². The molecular weight excluding hydrogens is 336 g/mol. The molecule has 0 aromatic heterocycles.